The largest absolute Gasteiger partial charge is 0.493 e. The molecular formula is C11H13NO7. The lowest BCUT2D eigenvalue weighted by Gasteiger charge is -2.12. The molecule has 0 bridgehead atoms. The number of rotatable bonds is 7. The van der Waals surface area contributed by atoms with Crippen molar-refractivity contribution in [3.8, 4) is 17.2 Å². The van der Waals surface area contributed by atoms with E-state index >= 15 is 0 Å². The Bertz CT molecular complexity index is 486. The number of aromatic carboxylic acids is 1. The van der Waals surface area contributed by atoms with E-state index in [1.807, 2.05) is 0 Å². The first-order chi connectivity index (χ1) is 8.99. The molecule has 8 nitrogen and oxygen atoms in total. The number of ether oxygens (including phenoxy) is 3. The summed E-state index contributed by atoms with van der Waals surface area (Å²) in [6.07, 6.45) is 0. The van der Waals surface area contributed by atoms with Crippen molar-refractivity contribution in [2.75, 3.05) is 27.4 Å². The number of benzene rings is 1. The number of carbonyl (C=O) groups is 1. The van der Waals surface area contributed by atoms with Gasteiger partial charge in [0.2, 0.25) is 6.54 Å². The second-order valence-electron chi connectivity index (χ2n) is 3.41. The van der Waals surface area contributed by atoms with Gasteiger partial charge >= 0.3 is 5.97 Å². The average Bonchev–Trinajstić information content (AvgIpc) is 2.37. The number of hydrogen-bond acceptors (Lipinski definition) is 6. The molecule has 0 atom stereocenters. The van der Waals surface area contributed by atoms with Gasteiger partial charge in [-0.25, -0.2) is 4.79 Å². The molecule has 0 radical (unpaired) electrons. The van der Waals surface area contributed by atoms with Gasteiger partial charge in [0, 0.05) is 17.1 Å². The smallest absolute Gasteiger partial charge is 0.339 e. The monoisotopic (exact) mass is 271 g/mol. The Labute approximate surface area is 108 Å². The predicted octanol–water partition coefficient (Wildman–Crippen LogP) is 1.06. The standard InChI is InChI=1S/C11H13NO7/c1-17-9-5-7(11(13)14)8(6-10(9)18-2)19-4-3-12(15)16/h5-6H,3-4H2,1-2H3,(H,13,14). The summed E-state index contributed by atoms with van der Waals surface area (Å²) in [5.41, 5.74) is -0.152. The van der Waals surface area contributed by atoms with Gasteiger partial charge in [0.05, 0.1) is 14.2 Å². The van der Waals surface area contributed by atoms with E-state index in [9.17, 15) is 14.9 Å². The van der Waals surface area contributed by atoms with Gasteiger partial charge in [-0.05, 0) is 0 Å². The number of nitrogens with zero attached hydrogens (tertiary/aromatic N) is 1. The molecule has 104 valence electrons. The highest BCUT2D eigenvalue weighted by Gasteiger charge is 2.17. The molecule has 1 rings (SSSR count). The van der Waals surface area contributed by atoms with Crippen molar-refractivity contribution in [1.29, 1.82) is 0 Å². The van der Waals surface area contributed by atoms with Crippen LogP contribution in [0.2, 0.25) is 0 Å². The third-order valence-electron chi connectivity index (χ3n) is 2.25. The average molecular weight is 271 g/mol. The summed E-state index contributed by atoms with van der Waals surface area (Å²) >= 11 is 0. The Hall–Kier alpha value is -2.51. The minimum Gasteiger partial charge on any atom is -0.493 e. The van der Waals surface area contributed by atoms with Crippen LogP contribution in [0.15, 0.2) is 12.1 Å². The predicted molar refractivity (Wildman–Crippen MR) is 63.9 cm³/mol. The van der Waals surface area contributed by atoms with E-state index in [-0.39, 0.29) is 29.4 Å². The minimum absolute atomic E-state index is 0.00741. The first kappa shape index (κ1) is 14.6. The zero-order valence-electron chi connectivity index (χ0n) is 10.4. The molecule has 0 heterocycles. The van der Waals surface area contributed by atoms with Crippen LogP contribution in [0.3, 0.4) is 0 Å². The summed E-state index contributed by atoms with van der Waals surface area (Å²) in [5.74, 6) is -0.714. The van der Waals surface area contributed by atoms with Crippen LogP contribution in [0.4, 0.5) is 0 Å². The van der Waals surface area contributed by atoms with Crippen molar-refractivity contribution in [1.82, 2.24) is 0 Å². The van der Waals surface area contributed by atoms with Crippen LogP contribution >= 0.6 is 0 Å². The van der Waals surface area contributed by atoms with E-state index in [0.717, 1.165) is 0 Å². The topological polar surface area (TPSA) is 108 Å². The quantitative estimate of drug-likeness (QED) is 0.583. The molecule has 8 heteroatoms. The molecule has 0 saturated heterocycles. The molecule has 0 fully saturated rings. The van der Waals surface area contributed by atoms with E-state index < -0.39 is 17.4 Å². The SMILES string of the molecule is COc1cc(OCC[N+](=O)[O-])c(C(=O)O)cc1OC. The van der Waals surface area contributed by atoms with Crippen molar-refractivity contribution in [2.24, 2.45) is 0 Å². The van der Waals surface area contributed by atoms with E-state index in [2.05, 4.69) is 0 Å². The molecule has 0 aliphatic rings. The number of carboxylic acid groups (broad SMARTS) is 1. The second kappa shape index (κ2) is 6.43. The van der Waals surface area contributed by atoms with Gasteiger partial charge in [0.1, 0.15) is 11.3 Å². The Morgan fingerprint density at radius 2 is 1.84 bits per heavy atom. The molecule has 0 aromatic heterocycles. The fraction of sp³-hybridized carbons (Fsp3) is 0.364. The molecule has 19 heavy (non-hydrogen) atoms. The lowest BCUT2D eigenvalue weighted by atomic mass is 10.1. The molecule has 0 unspecified atom stereocenters. The maximum absolute atomic E-state index is 11.1. The highest BCUT2D eigenvalue weighted by atomic mass is 16.6. The summed E-state index contributed by atoms with van der Waals surface area (Å²) in [6.45, 7) is -0.657. The van der Waals surface area contributed by atoms with Crippen LogP contribution in [0, 0.1) is 10.1 Å². The fourth-order valence-electron chi connectivity index (χ4n) is 1.38. The zero-order valence-corrected chi connectivity index (χ0v) is 10.4. The lowest BCUT2D eigenvalue weighted by Crippen LogP contribution is -2.13. The molecular weight excluding hydrogens is 258 g/mol. The highest BCUT2D eigenvalue weighted by Crippen LogP contribution is 2.34. The van der Waals surface area contributed by atoms with Gasteiger partial charge in [-0.2, -0.15) is 0 Å². The number of hydrogen-bond donors (Lipinski definition) is 1. The van der Waals surface area contributed by atoms with Gasteiger partial charge in [0.25, 0.3) is 0 Å². The number of carboxylic acids is 1. The molecule has 0 spiro atoms. The van der Waals surface area contributed by atoms with Crippen molar-refractivity contribution < 1.29 is 29.0 Å². The Balaban J connectivity index is 3.05. The van der Waals surface area contributed by atoms with Crippen molar-refractivity contribution in [3.05, 3.63) is 27.8 Å². The zero-order chi connectivity index (χ0) is 14.4. The van der Waals surface area contributed by atoms with Gasteiger partial charge in [-0.1, -0.05) is 0 Å². The Morgan fingerprint density at radius 3 is 2.32 bits per heavy atom. The van der Waals surface area contributed by atoms with Crippen LogP contribution in [0.25, 0.3) is 0 Å². The molecule has 0 aliphatic heterocycles. The van der Waals surface area contributed by atoms with E-state index in [1.54, 1.807) is 0 Å². The molecule has 0 amide bonds. The molecule has 1 N–H and O–H groups in total. The molecule has 0 saturated carbocycles. The summed E-state index contributed by atoms with van der Waals surface area (Å²) in [6, 6.07) is 2.56. The first-order valence-electron chi connectivity index (χ1n) is 5.23. The maximum atomic E-state index is 11.1. The molecule has 1 aromatic carbocycles. The highest BCUT2D eigenvalue weighted by molar-refractivity contribution is 5.92. The molecule has 0 aliphatic carbocycles. The van der Waals surface area contributed by atoms with Crippen molar-refractivity contribution in [3.63, 3.8) is 0 Å². The third kappa shape index (κ3) is 3.73. The Kier molecular flexibility index (Phi) is 4.92. The normalized spacial score (nSPS) is 9.79. The van der Waals surface area contributed by atoms with Crippen molar-refractivity contribution in [2.45, 2.75) is 0 Å². The van der Waals surface area contributed by atoms with Crippen LogP contribution < -0.4 is 14.2 Å². The second-order valence-corrected chi connectivity index (χ2v) is 3.41. The van der Waals surface area contributed by atoms with Crippen molar-refractivity contribution >= 4 is 5.97 Å². The number of nitro groups is 1. The van der Waals surface area contributed by atoms with Crippen LogP contribution in [0.5, 0.6) is 17.2 Å². The van der Waals surface area contributed by atoms with Crippen LogP contribution in [-0.4, -0.2) is 43.4 Å². The maximum Gasteiger partial charge on any atom is 0.339 e. The van der Waals surface area contributed by atoms with Crippen LogP contribution in [-0.2, 0) is 0 Å². The number of methoxy groups -OCH3 is 2. The summed E-state index contributed by atoms with van der Waals surface area (Å²) < 4.78 is 15.1. The summed E-state index contributed by atoms with van der Waals surface area (Å²) in [5, 5.41) is 19.2. The van der Waals surface area contributed by atoms with E-state index in [0.29, 0.717) is 0 Å². The fourth-order valence-corrected chi connectivity index (χ4v) is 1.38. The lowest BCUT2D eigenvalue weighted by molar-refractivity contribution is -0.481. The van der Waals surface area contributed by atoms with Gasteiger partial charge in [0.15, 0.2) is 18.1 Å². The van der Waals surface area contributed by atoms with Crippen LogP contribution in [0.1, 0.15) is 10.4 Å². The van der Waals surface area contributed by atoms with E-state index in [1.165, 1.54) is 26.4 Å². The molecule has 1 aromatic rings. The van der Waals surface area contributed by atoms with E-state index in [4.69, 9.17) is 19.3 Å². The van der Waals surface area contributed by atoms with Gasteiger partial charge in [-0.15, -0.1) is 0 Å². The summed E-state index contributed by atoms with van der Waals surface area (Å²) in [7, 11) is 2.76. The minimum atomic E-state index is -1.22. The van der Waals surface area contributed by atoms with Gasteiger partial charge in [-0.3, -0.25) is 10.1 Å². The van der Waals surface area contributed by atoms with Gasteiger partial charge < -0.3 is 19.3 Å². The third-order valence-corrected chi connectivity index (χ3v) is 2.25. The summed E-state index contributed by atoms with van der Waals surface area (Å²) in [4.78, 5) is 20.7. The first-order valence-corrected chi connectivity index (χ1v) is 5.23. The Morgan fingerprint density at radius 1 is 1.26 bits per heavy atom.